The van der Waals surface area contributed by atoms with Gasteiger partial charge in [-0.2, -0.15) is 5.10 Å². The van der Waals surface area contributed by atoms with Crippen LogP contribution in [0.15, 0.2) is 18.3 Å². The zero-order valence-electron chi connectivity index (χ0n) is 20.4. The molecule has 164 valence electrons. The van der Waals surface area contributed by atoms with Gasteiger partial charge in [0.2, 0.25) is 5.91 Å². The van der Waals surface area contributed by atoms with Crippen LogP contribution in [0.25, 0.3) is 5.69 Å². The number of hydrogen-bond acceptors (Lipinski definition) is 9. The molecule has 0 unspecified atom stereocenters. The van der Waals surface area contributed by atoms with Gasteiger partial charge in [-0.15, -0.1) is 10.2 Å². The normalized spacial score (nSPS) is 16.2. The summed E-state index contributed by atoms with van der Waals surface area (Å²) in [6.45, 7) is -0.445. The minimum atomic E-state index is -2.72. The van der Waals surface area contributed by atoms with Gasteiger partial charge in [-0.1, -0.05) is 0 Å². The van der Waals surface area contributed by atoms with Crippen molar-refractivity contribution in [3.8, 4) is 5.69 Å². The van der Waals surface area contributed by atoms with Gasteiger partial charge in [0.05, 0.1) is 17.9 Å². The first-order valence-electron chi connectivity index (χ1n) is 11.5. The Hall–Kier alpha value is -4.09. The monoisotopic (exact) mass is 437 g/mol. The number of carbonyl (C=O) groups excluding carboxylic acids is 2. The molecule has 32 heavy (non-hydrogen) atoms. The molecule has 1 saturated carbocycles. The van der Waals surface area contributed by atoms with Crippen molar-refractivity contribution in [3.05, 3.63) is 35.7 Å². The molecule has 12 heteroatoms. The maximum Gasteiger partial charge on any atom is 0.273 e. The summed E-state index contributed by atoms with van der Waals surface area (Å²) in [5, 5.41) is 19.9. The van der Waals surface area contributed by atoms with Crippen LogP contribution in [0.3, 0.4) is 0 Å². The third-order valence-corrected chi connectivity index (χ3v) is 5.25. The lowest BCUT2D eigenvalue weighted by Gasteiger charge is -2.29. The van der Waals surface area contributed by atoms with Crippen molar-refractivity contribution in [3.63, 3.8) is 0 Å². The summed E-state index contributed by atoms with van der Waals surface area (Å²) < 4.78 is 23.8. The first kappa shape index (κ1) is 16.6. The number of fused-ring (bicyclic) bond motifs is 3. The number of nitrogens with one attached hydrogen (secondary N) is 3. The number of rotatable bonds is 5. The quantitative estimate of drug-likeness (QED) is 0.536. The van der Waals surface area contributed by atoms with Gasteiger partial charge < -0.3 is 20.9 Å². The number of carbonyl (C=O) groups is 2. The highest BCUT2D eigenvalue weighted by molar-refractivity contribution is 6.00. The van der Waals surface area contributed by atoms with Crippen molar-refractivity contribution in [1.82, 2.24) is 35.3 Å². The van der Waals surface area contributed by atoms with Crippen LogP contribution in [-0.2, 0) is 11.3 Å². The Morgan fingerprint density at radius 2 is 2.12 bits per heavy atom. The highest BCUT2D eigenvalue weighted by Gasteiger charge is 2.30. The zero-order valence-corrected chi connectivity index (χ0v) is 17.4. The fourth-order valence-corrected chi connectivity index (χ4v) is 3.60. The lowest BCUT2D eigenvalue weighted by molar-refractivity contribution is -0.117. The van der Waals surface area contributed by atoms with E-state index in [0.29, 0.717) is 23.9 Å². The number of aromatic nitrogens is 6. The maximum atomic E-state index is 12.7. The van der Waals surface area contributed by atoms with Crippen molar-refractivity contribution in [2.75, 3.05) is 29.6 Å². The van der Waals surface area contributed by atoms with E-state index in [1.165, 1.54) is 6.07 Å². The molecule has 0 saturated heterocycles. The van der Waals surface area contributed by atoms with E-state index in [-0.39, 0.29) is 29.0 Å². The van der Waals surface area contributed by atoms with E-state index in [2.05, 4.69) is 35.9 Å². The fraction of sp³-hybridized carbons (Fsp3) is 0.350. The molecular formula is C20H22N10O2. The highest BCUT2D eigenvalue weighted by Crippen LogP contribution is 2.37. The summed E-state index contributed by atoms with van der Waals surface area (Å²) in [4.78, 5) is 35.7. The Bertz CT molecular complexity index is 1340. The molecule has 4 heterocycles. The fourth-order valence-electron chi connectivity index (χ4n) is 3.60. The lowest BCUT2D eigenvalue weighted by Crippen LogP contribution is -2.28. The minimum Gasteiger partial charge on any atom is -0.362 e. The Morgan fingerprint density at radius 1 is 1.28 bits per heavy atom. The average Bonchev–Trinajstić information content (AvgIpc) is 3.55. The van der Waals surface area contributed by atoms with Crippen LogP contribution in [0.5, 0.6) is 0 Å². The SMILES string of the molecule is [2H]C([2H])([2H])NC(=O)c1nnc(NC(=O)C2CC2)cc1Nc1nccc2c1N(C)Cc1nc(C)nn1-2. The van der Waals surface area contributed by atoms with E-state index >= 15 is 0 Å². The van der Waals surface area contributed by atoms with Gasteiger partial charge in [0.25, 0.3) is 5.91 Å². The molecule has 0 spiro atoms. The van der Waals surface area contributed by atoms with Gasteiger partial charge in [0, 0.05) is 36.3 Å². The van der Waals surface area contributed by atoms with Gasteiger partial charge >= 0.3 is 0 Å². The maximum absolute atomic E-state index is 12.7. The van der Waals surface area contributed by atoms with Crippen LogP contribution in [0.1, 0.15) is 39.1 Å². The molecule has 0 atom stereocenters. The molecule has 5 rings (SSSR count). The third kappa shape index (κ3) is 3.49. The molecule has 0 aromatic carbocycles. The number of nitrogens with zero attached hydrogens (tertiary/aromatic N) is 7. The van der Waals surface area contributed by atoms with Crippen LogP contribution in [0, 0.1) is 12.8 Å². The summed E-state index contributed by atoms with van der Waals surface area (Å²) >= 11 is 0. The topological polar surface area (TPSA) is 143 Å². The van der Waals surface area contributed by atoms with E-state index in [0.717, 1.165) is 24.4 Å². The molecule has 0 radical (unpaired) electrons. The number of anilines is 4. The number of pyridine rings is 1. The van der Waals surface area contributed by atoms with Crippen LogP contribution in [0.4, 0.5) is 23.0 Å². The molecule has 2 aliphatic rings. The van der Waals surface area contributed by atoms with Crippen molar-refractivity contribution < 1.29 is 13.7 Å². The van der Waals surface area contributed by atoms with Gasteiger partial charge in [-0.25, -0.2) is 14.6 Å². The average molecular weight is 437 g/mol. The van der Waals surface area contributed by atoms with Crippen LogP contribution >= 0.6 is 0 Å². The third-order valence-electron chi connectivity index (χ3n) is 5.25. The van der Waals surface area contributed by atoms with Crippen LogP contribution < -0.4 is 20.9 Å². The van der Waals surface area contributed by atoms with Crippen LogP contribution in [0.2, 0.25) is 0 Å². The van der Waals surface area contributed by atoms with Crippen molar-refractivity contribution in [2.45, 2.75) is 26.3 Å². The molecule has 3 aromatic heterocycles. The van der Waals surface area contributed by atoms with E-state index in [9.17, 15) is 9.59 Å². The van der Waals surface area contributed by atoms with Gasteiger partial charge in [-0.05, 0) is 25.8 Å². The number of hydrogen-bond donors (Lipinski definition) is 3. The summed E-state index contributed by atoms with van der Waals surface area (Å²) in [5.74, 6) is 0.694. The first-order chi connectivity index (χ1) is 16.6. The predicted octanol–water partition coefficient (Wildman–Crippen LogP) is 1.16. The first-order valence-corrected chi connectivity index (χ1v) is 10.0. The second-order valence-corrected chi connectivity index (χ2v) is 7.70. The van der Waals surface area contributed by atoms with Gasteiger partial charge in [-0.3, -0.25) is 9.59 Å². The molecule has 12 nitrogen and oxygen atoms in total. The smallest absolute Gasteiger partial charge is 0.273 e. The molecule has 2 amide bonds. The van der Waals surface area contributed by atoms with Crippen molar-refractivity contribution in [2.24, 2.45) is 5.92 Å². The summed E-state index contributed by atoms with van der Waals surface area (Å²) in [5.41, 5.74) is 1.28. The summed E-state index contributed by atoms with van der Waals surface area (Å²) in [7, 11) is 1.87. The second kappa shape index (κ2) is 7.55. The van der Waals surface area contributed by atoms with Gasteiger partial charge in [0.15, 0.2) is 23.2 Å². The molecule has 3 N–H and O–H groups in total. The number of aryl methyl sites for hydroxylation is 1. The predicted molar refractivity (Wildman–Crippen MR) is 116 cm³/mol. The highest BCUT2D eigenvalue weighted by atomic mass is 16.2. The van der Waals surface area contributed by atoms with E-state index in [1.54, 1.807) is 23.9 Å². The standard InChI is InChI=1S/C20H22N10O2/c1-10-23-15-9-29(3)17-13(30(15)28-10)6-7-22-18(17)24-12-8-14(25-19(31)11-4-5-11)26-27-16(12)20(32)21-2/h6-8,11H,4-5,9H2,1-3H3,(H,21,32)(H2,22,24,25,26,31)/i2D3. The van der Waals surface area contributed by atoms with Gasteiger partial charge in [0.1, 0.15) is 11.5 Å². The molecule has 1 aliphatic heterocycles. The largest absolute Gasteiger partial charge is 0.362 e. The van der Waals surface area contributed by atoms with E-state index in [4.69, 9.17) is 4.11 Å². The molecule has 1 fully saturated rings. The summed E-state index contributed by atoms with van der Waals surface area (Å²) in [6.07, 6.45) is 3.19. The molecule has 3 aromatic rings. The van der Waals surface area contributed by atoms with E-state index < -0.39 is 12.9 Å². The van der Waals surface area contributed by atoms with Crippen molar-refractivity contribution in [1.29, 1.82) is 0 Å². The second-order valence-electron chi connectivity index (χ2n) is 7.70. The molecular weight excluding hydrogens is 412 g/mol. The Kier molecular flexibility index (Phi) is 3.91. The Balaban J connectivity index is 1.54. The zero-order chi connectivity index (χ0) is 24.9. The van der Waals surface area contributed by atoms with Crippen molar-refractivity contribution >= 4 is 34.8 Å². The van der Waals surface area contributed by atoms with E-state index in [1.807, 2.05) is 17.3 Å². The molecule has 1 aliphatic carbocycles. The molecule has 0 bridgehead atoms. The Morgan fingerprint density at radius 3 is 2.91 bits per heavy atom. The minimum absolute atomic E-state index is 0.0662. The number of amides is 2. The lowest BCUT2D eigenvalue weighted by atomic mass is 10.2. The Labute approximate surface area is 187 Å². The van der Waals surface area contributed by atoms with Crippen LogP contribution in [-0.4, -0.2) is 55.8 Å². The summed E-state index contributed by atoms with van der Waals surface area (Å²) in [6, 6.07) is 3.22.